The van der Waals surface area contributed by atoms with Crippen molar-refractivity contribution in [3.63, 3.8) is 0 Å². The number of carbonyl (C=O) groups excluding carboxylic acids is 1. The summed E-state index contributed by atoms with van der Waals surface area (Å²) in [6.45, 7) is 0.0263. The lowest BCUT2D eigenvalue weighted by atomic mass is 9.77. The highest BCUT2D eigenvalue weighted by Crippen LogP contribution is 2.40. The van der Waals surface area contributed by atoms with Gasteiger partial charge in [0.25, 0.3) is 0 Å². The Hall–Kier alpha value is -2.11. The Kier molecular flexibility index (Phi) is 6.75. The van der Waals surface area contributed by atoms with Gasteiger partial charge in [-0.3, -0.25) is 19.8 Å². The van der Waals surface area contributed by atoms with Gasteiger partial charge in [-0.15, -0.1) is 0 Å². The molecule has 0 aromatic rings. The number of fused-ring (bicyclic) bond motifs is 1. The third kappa shape index (κ3) is 5.04. The molecule has 1 fully saturated rings. The highest BCUT2D eigenvalue weighted by Gasteiger charge is 2.52. The first-order valence-corrected chi connectivity index (χ1v) is 11.3. The van der Waals surface area contributed by atoms with E-state index in [0.717, 1.165) is 10.7 Å². The Bertz CT molecular complexity index is 832. The van der Waals surface area contributed by atoms with Crippen molar-refractivity contribution in [1.82, 2.24) is 9.91 Å². The number of amides is 1. The van der Waals surface area contributed by atoms with E-state index in [1.54, 1.807) is 11.1 Å². The average molecular weight is 477 g/mol. The number of hydrogen-bond acceptors (Lipinski definition) is 6. The van der Waals surface area contributed by atoms with Gasteiger partial charge in [-0.1, -0.05) is 13.8 Å². The molecule has 7 unspecified atom stereocenters. The molecule has 184 valence electrons. The van der Waals surface area contributed by atoms with Gasteiger partial charge in [-0.05, 0) is 25.2 Å². The summed E-state index contributed by atoms with van der Waals surface area (Å²) in [7, 11) is 0. The van der Waals surface area contributed by atoms with Crippen LogP contribution in [0.3, 0.4) is 0 Å². The molecule has 0 aliphatic carbocycles. The zero-order chi connectivity index (χ0) is 23.9. The van der Waals surface area contributed by atoms with Crippen LogP contribution in [-0.2, 0) is 9.53 Å². The van der Waals surface area contributed by atoms with Crippen molar-refractivity contribution in [2.45, 2.75) is 70.1 Å². The van der Waals surface area contributed by atoms with E-state index < -0.39 is 37.4 Å². The molecular formula is C21H28F5N5O2. The molecule has 1 amide bonds. The molecule has 0 saturated carbocycles. The van der Waals surface area contributed by atoms with E-state index in [1.165, 1.54) is 6.21 Å². The van der Waals surface area contributed by atoms with Crippen molar-refractivity contribution < 1.29 is 31.5 Å². The molecule has 0 aromatic heterocycles. The van der Waals surface area contributed by atoms with E-state index in [4.69, 9.17) is 4.99 Å². The summed E-state index contributed by atoms with van der Waals surface area (Å²) >= 11 is 0. The summed E-state index contributed by atoms with van der Waals surface area (Å²) in [6, 6.07) is -1.09. The van der Waals surface area contributed by atoms with E-state index in [9.17, 15) is 26.7 Å². The highest BCUT2D eigenvalue weighted by atomic mass is 19.4. The molecule has 0 aromatic carbocycles. The van der Waals surface area contributed by atoms with Crippen LogP contribution in [0.15, 0.2) is 15.1 Å². The van der Waals surface area contributed by atoms with Crippen molar-refractivity contribution in [3.8, 4) is 0 Å². The van der Waals surface area contributed by atoms with E-state index in [0.29, 0.717) is 19.3 Å². The molecular weight excluding hydrogens is 449 g/mol. The van der Waals surface area contributed by atoms with Gasteiger partial charge in [0.1, 0.15) is 6.54 Å². The number of halogens is 5. The summed E-state index contributed by atoms with van der Waals surface area (Å²) in [5, 5.41) is 4.80. The molecule has 1 saturated heterocycles. The second-order valence-corrected chi connectivity index (χ2v) is 9.21. The second kappa shape index (κ2) is 9.27. The molecule has 4 aliphatic heterocycles. The molecule has 0 spiro atoms. The molecule has 0 radical (unpaired) electrons. The third-order valence-electron chi connectivity index (χ3n) is 6.85. The van der Waals surface area contributed by atoms with Crippen molar-refractivity contribution in [3.05, 3.63) is 0 Å². The topological polar surface area (TPSA) is 69.9 Å². The minimum absolute atomic E-state index is 0.0124. The van der Waals surface area contributed by atoms with Gasteiger partial charge in [0.2, 0.25) is 5.91 Å². The number of rotatable bonds is 6. The standard InChI is InChI=1S/C21H28F5N5O2/c1-3-16-18-17(19(32)31(16)13-7-28-30(9-13)10-21(24,25)26)11(2)4-15(29-18)12-5-14(8-27-6-12)33-20(22)23/h6-7,11-17,20H,3-5,8-10H2,1-2H3. The van der Waals surface area contributed by atoms with Gasteiger partial charge in [-0.25, -0.2) is 0 Å². The summed E-state index contributed by atoms with van der Waals surface area (Å²) in [4.78, 5) is 24.1. The minimum atomic E-state index is -4.38. The maximum absolute atomic E-state index is 13.4. The minimum Gasteiger partial charge on any atom is -0.324 e. The van der Waals surface area contributed by atoms with Crippen molar-refractivity contribution in [1.29, 1.82) is 0 Å². The lowest BCUT2D eigenvalue weighted by Gasteiger charge is -2.34. The van der Waals surface area contributed by atoms with Crippen molar-refractivity contribution >= 4 is 24.0 Å². The van der Waals surface area contributed by atoms with Crippen LogP contribution in [0.2, 0.25) is 0 Å². The van der Waals surface area contributed by atoms with E-state index in [1.807, 2.05) is 13.8 Å². The lowest BCUT2D eigenvalue weighted by Crippen LogP contribution is -2.47. The van der Waals surface area contributed by atoms with Gasteiger partial charge in [0.15, 0.2) is 0 Å². The fourth-order valence-electron chi connectivity index (χ4n) is 5.53. The quantitative estimate of drug-likeness (QED) is 0.553. The van der Waals surface area contributed by atoms with Gasteiger partial charge in [0, 0.05) is 24.1 Å². The van der Waals surface area contributed by atoms with Gasteiger partial charge < -0.3 is 9.64 Å². The predicted molar refractivity (Wildman–Crippen MR) is 112 cm³/mol. The monoisotopic (exact) mass is 477 g/mol. The fourth-order valence-corrected chi connectivity index (χ4v) is 5.53. The molecule has 4 rings (SSSR count). The zero-order valence-electron chi connectivity index (χ0n) is 18.5. The van der Waals surface area contributed by atoms with Crippen LogP contribution < -0.4 is 0 Å². The number of hydrazone groups is 1. The number of alkyl halides is 5. The molecule has 7 nitrogen and oxygen atoms in total. The molecule has 12 heteroatoms. The van der Waals surface area contributed by atoms with Crippen molar-refractivity contribution in [2.75, 3.05) is 19.6 Å². The number of ether oxygens (including phenoxy) is 1. The SMILES string of the molecule is CCC1C2=NC(C3C=NCC(OC(F)F)C3)CC(C)C2C(=O)N1C1C=NN(CC(F)(F)F)C1. The normalized spacial score (nSPS) is 36.7. The summed E-state index contributed by atoms with van der Waals surface area (Å²) in [5.41, 5.74) is 0.735. The van der Waals surface area contributed by atoms with Crippen LogP contribution in [-0.4, -0.2) is 90.6 Å². The van der Waals surface area contributed by atoms with Crippen LogP contribution in [0.5, 0.6) is 0 Å². The Labute approximate surface area is 188 Å². The average Bonchev–Trinajstić information content (AvgIpc) is 3.27. The summed E-state index contributed by atoms with van der Waals surface area (Å²) < 4.78 is 68.3. The predicted octanol–water partition coefficient (Wildman–Crippen LogP) is 3.00. The fraction of sp³-hybridized carbons (Fsp3) is 0.810. The Morgan fingerprint density at radius 3 is 2.67 bits per heavy atom. The maximum Gasteiger partial charge on any atom is 0.407 e. The van der Waals surface area contributed by atoms with E-state index >= 15 is 0 Å². The Morgan fingerprint density at radius 1 is 1.24 bits per heavy atom. The number of aliphatic imine (C=N–C) groups is 2. The third-order valence-corrected chi connectivity index (χ3v) is 6.85. The largest absolute Gasteiger partial charge is 0.407 e. The molecule has 0 bridgehead atoms. The number of nitrogens with zero attached hydrogens (tertiary/aromatic N) is 5. The van der Waals surface area contributed by atoms with Crippen LogP contribution in [0.1, 0.15) is 33.1 Å². The summed E-state index contributed by atoms with van der Waals surface area (Å²) in [6.07, 6.45) is -0.345. The van der Waals surface area contributed by atoms with Gasteiger partial charge in [0.05, 0.1) is 43.2 Å². The highest BCUT2D eigenvalue weighted by molar-refractivity contribution is 6.14. The van der Waals surface area contributed by atoms with Gasteiger partial charge in [-0.2, -0.15) is 27.1 Å². The van der Waals surface area contributed by atoms with Crippen LogP contribution >= 0.6 is 0 Å². The maximum atomic E-state index is 13.4. The first-order chi connectivity index (χ1) is 15.6. The molecule has 7 atom stereocenters. The Morgan fingerprint density at radius 2 is 2.00 bits per heavy atom. The first-order valence-electron chi connectivity index (χ1n) is 11.3. The van der Waals surface area contributed by atoms with E-state index in [2.05, 4.69) is 14.8 Å². The Balaban J connectivity index is 1.52. The van der Waals surface area contributed by atoms with Crippen LogP contribution in [0.25, 0.3) is 0 Å². The molecule has 4 aliphatic rings. The van der Waals surface area contributed by atoms with Crippen molar-refractivity contribution in [2.24, 2.45) is 32.8 Å². The van der Waals surface area contributed by atoms with Crippen LogP contribution in [0.4, 0.5) is 22.0 Å². The number of hydrogen-bond donors (Lipinski definition) is 0. The van der Waals surface area contributed by atoms with E-state index in [-0.39, 0.29) is 42.9 Å². The molecule has 4 heterocycles. The van der Waals surface area contributed by atoms with Gasteiger partial charge >= 0.3 is 12.8 Å². The lowest BCUT2D eigenvalue weighted by molar-refractivity contribution is -0.164. The smallest absolute Gasteiger partial charge is 0.324 e. The number of likely N-dealkylation sites (tertiary alicyclic amines) is 1. The summed E-state index contributed by atoms with van der Waals surface area (Å²) in [5.74, 6) is -0.767. The second-order valence-electron chi connectivity index (χ2n) is 9.21. The first kappa shape index (κ1) is 24.0. The number of carbonyl (C=O) groups is 1. The molecule has 33 heavy (non-hydrogen) atoms. The molecule has 0 N–H and O–H groups in total. The van der Waals surface area contributed by atoms with Crippen LogP contribution in [0, 0.1) is 17.8 Å². The zero-order valence-corrected chi connectivity index (χ0v) is 18.5.